The first kappa shape index (κ1) is 13.9. The van der Waals surface area contributed by atoms with Gasteiger partial charge in [0.15, 0.2) is 0 Å². The molecule has 2 rings (SSSR count). The zero-order chi connectivity index (χ0) is 13.8. The van der Waals surface area contributed by atoms with Crippen LogP contribution < -0.4 is 4.74 Å². The van der Waals surface area contributed by atoms with Gasteiger partial charge in [0.1, 0.15) is 5.75 Å². The second-order valence-electron chi connectivity index (χ2n) is 5.01. The minimum absolute atomic E-state index is 0.106. The zero-order valence-corrected chi connectivity index (χ0v) is 12.0. The van der Waals surface area contributed by atoms with Gasteiger partial charge in [0.25, 0.3) is 5.91 Å². The SMILES string of the molecule is CCOc1cc(C(=O)N2CCN(C)CC2)ccc1C. The number of rotatable bonds is 3. The van der Waals surface area contributed by atoms with Crippen LogP contribution in [0.15, 0.2) is 18.2 Å². The number of likely N-dealkylation sites (N-methyl/N-ethyl adjacent to an activating group) is 1. The molecule has 0 radical (unpaired) electrons. The van der Waals surface area contributed by atoms with Gasteiger partial charge < -0.3 is 14.5 Å². The fourth-order valence-electron chi connectivity index (χ4n) is 2.24. The Morgan fingerprint density at radius 2 is 1.95 bits per heavy atom. The molecular formula is C15H22N2O2. The van der Waals surface area contributed by atoms with Gasteiger partial charge in [-0.3, -0.25) is 4.79 Å². The van der Waals surface area contributed by atoms with Crippen molar-refractivity contribution in [3.05, 3.63) is 29.3 Å². The molecule has 0 spiro atoms. The number of aryl methyl sites for hydroxylation is 1. The van der Waals surface area contributed by atoms with Gasteiger partial charge in [-0.1, -0.05) is 6.07 Å². The van der Waals surface area contributed by atoms with E-state index in [-0.39, 0.29) is 5.91 Å². The van der Waals surface area contributed by atoms with Gasteiger partial charge in [0, 0.05) is 31.7 Å². The van der Waals surface area contributed by atoms with Crippen molar-refractivity contribution in [2.45, 2.75) is 13.8 Å². The number of hydrogen-bond donors (Lipinski definition) is 0. The summed E-state index contributed by atoms with van der Waals surface area (Å²) in [6.07, 6.45) is 0. The first-order valence-electron chi connectivity index (χ1n) is 6.83. The Morgan fingerprint density at radius 3 is 2.58 bits per heavy atom. The molecule has 104 valence electrons. The molecule has 4 heteroatoms. The van der Waals surface area contributed by atoms with Crippen molar-refractivity contribution < 1.29 is 9.53 Å². The maximum atomic E-state index is 12.4. The Bertz CT molecular complexity index is 451. The first-order chi connectivity index (χ1) is 9.11. The van der Waals surface area contributed by atoms with E-state index in [1.54, 1.807) is 0 Å². The number of carbonyl (C=O) groups excluding carboxylic acids is 1. The van der Waals surface area contributed by atoms with Crippen LogP contribution in [0.4, 0.5) is 0 Å². The minimum Gasteiger partial charge on any atom is -0.494 e. The topological polar surface area (TPSA) is 32.8 Å². The predicted octanol–water partition coefficient (Wildman–Crippen LogP) is 1.78. The van der Waals surface area contributed by atoms with Gasteiger partial charge in [-0.25, -0.2) is 0 Å². The van der Waals surface area contributed by atoms with Crippen molar-refractivity contribution in [3.63, 3.8) is 0 Å². The molecular weight excluding hydrogens is 240 g/mol. The van der Waals surface area contributed by atoms with Crippen LogP contribution in [-0.2, 0) is 0 Å². The molecule has 4 nitrogen and oxygen atoms in total. The molecule has 0 N–H and O–H groups in total. The molecule has 1 aromatic rings. The van der Waals surface area contributed by atoms with E-state index in [4.69, 9.17) is 4.74 Å². The highest BCUT2D eigenvalue weighted by atomic mass is 16.5. The van der Waals surface area contributed by atoms with Crippen molar-refractivity contribution in [1.29, 1.82) is 0 Å². The van der Waals surface area contributed by atoms with Crippen molar-refractivity contribution in [3.8, 4) is 5.75 Å². The lowest BCUT2D eigenvalue weighted by molar-refractivity contribution is 0.0663. The van der Waals surface area contributed by atoms with Gasteiger partial charge in [-0.05, 0) is 38.6 Å². The molecule has 0 saturated carbocycles. The van der Waals surface area contributed by atoms with Crippen LogP contribution in [0.25, 0.3) is 0 Å². The van der Waals surface area contributed by atoms with E-state index in [0.29, 0.717) is 6.61 Å². The third-order valence-corrected chi connectivity index (χ3v) is 3.53. The van der Waals surface area contributed by atoms with Crippen molar-refractivity contribution in [1.82, 2.24) is 9.80 Å². The number of carbonyl (C=O) groups is 1. The third kappa shape index (κ3) is 3.26. The van der Waals surface area contributed by atoms with Crippen LogP contribution in [0.3, 0.4) is 0 Å². The maximum absolute atomic E-state index is 12.4. The Labute approximate surface area is 115 Å². The number of benzene rings is 1. The summed E-state index contributed by atoms with van der Waals surface area (Å²) in [5, 5.41) is 0. The standard InChI is InChI=1S/C15H22N2O2/c1-4-19-14-11-13(6-5-12(14)2)15(18)17-9-7-16(3)8-10-17/h5-6,11H,4,7-10H2,1-3H3. The quantitative estimate of drug-likeness (QED) is 0.832. The highest BCUT2D eigenvalue weighted by Gasteiger charge is 2.20. The van der Waals surface area contributed by atoms with Crippen LogP contribution in [0, 0.1) is 6.92 Å². The number of nitrogens with zero attached hydrogens (tertiary/aromatic N) is 2. The molecule has 19 heavy (non-hydrogen) atoms. The summed E-state index contributed by atoms with van der Waals surface area (Å²) >= 11 is 0. The Kier molecular flexibility index (Phi) is 4.43. The molecule has 1 aliphatic heterocycles. The normalized spacial score (nSPS) is 16.5. The summed E-state index contributed by atoms with van der Waals surface area (Å²) in [6.45, 7) is 8.04. The molecule has 1 fully saturated rings. The van der Waals surface area contributed by atoms with Crippen molar-refractivity contribution >= 4 is 5.91 Å². The average molecular weight is 262 g/mol. The van der Waals surface area contributed by atoms with Gasteiger partial charge in [0.05, 0.1) is 6.61 Å². The Hall–Kier alpha value is -1.55. The first-order valence-corrected chi connectivity index (χ1v) is 6.83. The van der Waals surface area contributed by atoms with E-state index >= 15 is 0 Å². The largest absolute Gasteiger partial charge is 0.494 e. The fourth-order valence-corrected chi connectivity index (χ4v) is 2.24. The van der Waals surface area contributed by atoms with Gasteiger partial charge >= 0.3 is 0 Å². The molecule has 1 saturated heterocycles. The summed E-state index contributed by atoms with van der Waals surface area (Å²) < 4.78 is 5.55. The monoisotopic (exact) mass is 262 g/mol. The summed E-state index contributed by atoms with van der Waals surface area (Å²) in [6, 6.07) is 5.70. The number of piperazine rings is 1. The lowest BCUT2D eigenvalue weighted by Gasteiger charge is -2.32. The van der Waals surface area contributed by atoms with Gasteiger partial charge in [-0.2, -0.15) is 0 Å². The minimum atomic E-state index is 0.106. The lowest BCUT2D eigenvalue weighted by atomic mass is 10.1. The summed E-state index contributed by atoms with van der Waals surface area (Å²) in [4.78, 5) is 16.6. The van der Waals surface area contributed by atoms with Crippen LogP contribution in [0.2, 0.25) is 0 Å². The van der Waals surface area contributed by atoms with Gasteiger partial charge in [0.2, 0.25) is 0 Å². The molecule has 0 bridgehead atoms. The Balaban J connectivity index is 2.12. The van der Waals surface area contributed by atoms with E-state index < -0.39 is 0 Å². The van der Waals surface area contributed by atoms with Crippen molar-refractivity contribution in [2.75, 3.05) is 39.8 Å². The average Bonchev–Trinajstić information content (AvgIpc) is 2.41. The molecule has 1 aromatic carbocycles. The number of amides is 1. The van der Waals surface area contributed by atoms with E-state index in [9.17, 15) is 4.79 Å². The van der Waals surface area contributed by atoms with Gasteiger partial charge in [-0.15, -0.1) is 0 Å². The molecule has 0 aliphatic carbocycles. The van der Waals surface area contributed by atoms with E-state index in [1.807, 2.05) is 36.9 Å². The summed E-state index contributed by atoms with van der Waals surface area (Å²) in [5.74, 6) is 0.913. The van der Waals surface area contributed by atoms with E-state index in [1.165, 1.54) is 0 Å². The third-order valence-electron chi connectivity index (χ3n) is 3.53. The maximum Gasteiger partial charge on any atom is 0.254 e. The van der Waals surface area contributed by atoms with Crippen LogP contribution in [0.1, 0.15) is 22.8 Å². The highest BCUT2D eigenvalue weighted by Crippen LogP contribution is 2.21. The second-order valence-corrected chi connectivity index (χ2v) is 5.01. The zero-order valence-electron chi connectivity index (χ0n) is 12.0. The van der Waals surface area contributed by atoms with Crippen LogP contribution in [0.5, 0.6) is 5.75 Å². The number of ether oxygens (including phenoxy) is 1. The molecule has 0 aromatic heterocycles. The fraction of sp³-hybridized carbons (Fsp3) is 0.533. The van der Waals surface area contributed by atoms with Crippen LogP contribution in [-0.4, -0.2) is 55.5 Å². The Morgan fingerprint density at radius 1 is 1.26 bits per heavy atom. The molecule has 0 atom stereocenters. The molecule has 0 unspecified atom stereocenters. The van der Waals surface area contributed by atoms with E-state index in [0.717, 1.165) is 43.1 Å². The van der Waals surface area contributed by atoms with Crippen molar-refractivity contribution in [2.24, 2.45) is 0 Å². The van der Waals surface area contributed by atoms with Crippen LogP contribution >= 0.6 is 0 Å². The number of hydrogen-bond acceptors (Lipinski definition) is 3. The molecule has 1 heterocycles. The summed E-state index contributed by atoms with van der Waals surface area (Å²) in [7, 11) is 2.08. The molecule has 1 aliphatic rings. The molecule has 1 amide bonds. The smallest absolute Gasteiger partial charge is 0.254 e. The highest BCUT2D eigenvalue weighted by molar-refractivity contribution is 5.94. The second kappa shape index (κ2) is 6.06. The predicted molar refractivity (Wildman–Crippen MR) is 75.7 cm³/mol. The lowest BCUT2D eigenvalue weighted by Crippen LogP contribution is -2.47. The van der Waals surface area contributed by atoms with E-state index in [2.05, 4.69) is 11.9 Å². The summed E-state index contributed by atoms with van der Waals surface area (Å²) in [5.41, 5.74) is 1.79.